The molecule has 2 aromatic rings. The zero-order chi connectivity index (χ0) is 13.8. The van der Waals surface area contributed by atoms with Gasteiger partial charge in [0.2, 0.25) is 5.78 Å². The highest BCUT2D eigenvalue weighted by Gasteiger charge is 2.12. The van der Waals surface area contributed by atoms with Gasteiger partial charge in [0.25, 0.3) is 0 Å². The first kappa shape index (κ1) is 13.8. The monoisotopic (exact) mass is 341 g/mol. The van der Waals surface area contributed by atoms with Crippen molar-refractivity contribution in [3.8, 4) is 11.5 Å². The molecule has 0 spiro atoms. The lowest BCUT2D eigenvalue weighted by molar-refractivity contribution is 0.0914. The van der Waals surface area contributed by atoms with E-state index in [1.54, 1.807) is 18.2 Å². The molecule has 4 nitrogen and oxygen atoms in total. The summed E-state index contributed by atoms with van der Waals surface area (Å²) in [5.41, 5.74) is 0.260. The molecule has 0 bridgehead atoms. The molecule has 6 heteroatoms. The van der Waals surface area contributed by atoms with Gasteiger partial charge in [-0.2, -0.15) is 0 Å². The average molecular weight is 343 g/mol. The number of para-hydroxylation sites is 1. The smallest absolute Gasteiger partial charge is 0.218 e. The summed E-state index contributed by atoms with van der Waals surface area (Å²) in [7, 11) is 0. The van der Waals surface area contributed by atoms with Crippen LogP contribution in [0.1, 0.15) is 10.5 Å². The number of halogens is 2. The Bertz CT molecular complexity index is 581. The minimum atomic E-state index is -0.299. The average Bonchev–Trinajstić information content (AvgIpc) is 2.38. The standard InChI is InChI=1S/C13H9BrClNO3/c14-9-2-1-3-11(17)13(9)19-7-12(18)10-5-4-8(15)6-16-10/h1-6,17H,7H2. The summed E-state index contributed by atoms with van der Waals surface area (Å²) >= 11 is 8.92. The van der Waals surface area contributed by atoms with Crippen LogP contribution < -0.4 is 4.74 Å². The highest BCUT2D eigenvalue weighted by Crippen LogP contribution is 2.33. The summed E-state index contributed by atoms with van der Waals surface area (Å²) in [6, 6.07) is 7.95. The molecule has 0 saturated heterocycles. The molecule has 1 heterocycles. The van der Waals surface area contributed by atoms with E-state index in [0.717, 1.165) is 0 Å². The Balaban J connectivity index is 2.06. The second-order valence-electron chi connectivity index (χ2n) is 3.66. The highest BCUT2D eigenvalue weighted by molar-refractivity contribution is 9.10. The summed E-state index contributed by atoms with van der Waals surface area (Å²) < 4.78 is 5.87. The van der Waals surface area contributed by atoms with Crippen molar-refractivity contribution in [1.82, 2.24) is 4.98 Å². The van der Waals surface area contributed by atoms with Crippen molar-refractivity contribution in [2.24, 2.45) is 0 Å². The minimum Gasteiger partial charge on any atom is -0.504 e. The lowest BCUT2D eigenvalue weighted by Gasteiger charge is -2.08. The third-order valence-corrected chi connectivity index (χ3v) is 3.15. The fourth-order valence-electron chi connectivity index (χ4n) is 1.39. The van der Waals surface area contributed by atoms with Crippen LogP contribution in [0, 0.1) is 0 Å². The summed E-state index contributed by atoms with van der Waals surface area (Å²) in [4.78, 5) is 15.7. The predicted molar refractivity (Wildman–Crippen MR) is 74.9 cm³/mol. The Morgan fingerprint density at radius 2 is 2.16 bits per heavy atom. The fraction of sp³-hybridized carbons (Fsp3) is 0.0769. The van der Waals surface area contributed by atoms with Crippen LogP contribution in [-0.2, 0) is 0 Å². The van der Waals surface area contributed by atoms with Crippen LogP contribution in [0.5, 0.6) is 11.5 Å². The van der Waals surface area contributed by atoms with Gasteiger partial charge in [0, 0.05) is 6.20 Å². The first-order chi connectivity index (χ1) is 9.08. The molecule has 0 atom stereocenters. The number of hydrogen-bond donors (Lipinski definition) is 1. The zero-order valence-corrected chi connectivity index (χ0v) is 12.0. The summed E-state index contributed by atoms with van der Waals surface area (Å²) in [5.74, 6) is -0.108. The van der Waals surface area contributed by atoms with Crippen LogP contribution in [0.25, 0.3) is 0 Å². The maximum Gasteiger partial charge on any atom is 0.218 e. The van der Waals surface area contributed by atoms with Crippen LogP contribution in [0.3, 0.4) is 0 Å². The molecule has 0 fully saturated rings. The number of carbonyl (C=O) groups excluding carboxylic acids is 1. The molecule has 1 aromatic heterocycles. The maximum absolute atomic E-state index is 11.8. The van der Waals surface area contributed by atoms with E-state index in [-0.39, 0.29) is 29.6 Å². The van der Waals surface area contributed by atoms with Gasteiger partial charge in [-0.05, 0) is 40.2 Å². The van der Waals surface area contributed by atoms with E-state index >= 15 is 0 Å². The quantitative estimate of drug-likeness (QED) is 0.864. The lowest BCUT2D eigenvalue weighted by Crippen LogP contribution is -2.13. The Hall–Kier alpha value is -1.59. The van der Waals surface area contributed by atoms with E-state index in [1.807, 2.05) is 0 Å². The molecule has 1 aromatic carbocycles. The number of aromatic nitrogens is 1. The Labute approximate surface area is 123 Å². The number of hydrogen-bond acceptors (Lipinski definition) is 4. The number of phenolic OH excluding ortho intramolecular Hbond substituents is 1. The summed E-state index contributed by atoms with van der Waals surface area (Å²) in [5, 5.41) is 10.1. The van der Waals surface area contributed by atoms with Gasteiger partial charge in [0.05, 0.1) is 9.50 Å². The summed E-state index contributed by atoms with van der Waals surface area (Å²) in [6.07, 6.45) is 1.39. The van der Waals surface area contributed by atoms with Crippen molar-refractivity contribution in [3.05, 3.63) is 51.7 Å². The van der Waals surface area contributed by atoms with E-state index in [9.17, 15) is 9.90 Å². The van der Waals surface area contributed by atoms with Gasteiger partial charge >= 0.3 is 0 Å². The van der Waals surface area contributed by atoms with E-state index in [4.69, 9.17) is 16.3 Å². The van der Waals surface area contributed by atoms with Gasteiger partial charge < -0.3 is 9.84 Å². The van der Waals surface area contributed by atoms with Gasteiger partial charge in [-0.1, -0.05) is 17.7 Å². The predicted octanol–water partition coefficient (Wildman–Crippen LogP) is 3.46. The van der Waals surface area contributed by atoms with Crippen molar-refractivity contribution < 1.29 is 14.6 Å². The van der Waals surface area contributed by atoms with Crippen LogP contribution in [0.4, 0.5) is 0 Å². The zero-order valence-electron chi connectivity index (χ0n) is 9.64. The van der Waals surface area contributed by atoms with Crippen molar-refractivity contribution in [2.45, 2.75) is 0 Å². The number of rotatable bonds is 4. The first-order valence-electron chi connectivity index (χ1n) is 5.33. The number of phenols is 1. The lowest BCUT2D eigenvalue weighted by atomic mass is 10.2. The van der Waals surface area contributed by atoms with Crippen LogP contribution in [-0.4, -0.2) is 22.5 Å². The van der Waals surface area contributed by atoms with Gasteiger partial charge in [-0.25, -0.2) is 0 Å². The Morgan fingerprint density at radius 3 is 2.79 bits per heavy atom. The van der Waals surface area contributed by atoms with E-state index < -0.39 is 0 Å². The molecule has 98 valence electrons. The molecule has 0 unspecified atom stereocenters. The fourth-order valence-corrected chi connectivity index (χ4v) is 1.97. The van der Waals surface area contributed by atoms with E-state index in [1.165, 1.54) is 18.3 Å². The minimum absolute atomic E-state index is 0.0359. The van der Waals surface area contributed by atoms with Crippen molar-refractivity contribution in [2.75, 3.05) is 6.61 Å². The Kier molecular flexibility index (Phi) is 4.39. The SMILES string of the molecule is O=C(COc1c(O)cccc1Br)c1ccc(Cl)cn1. The van der Waals surface area contributed by atoms with E-state index in [0.29, 0.717) is 9.50 Å². The molecule has 1 N–H and O–H groups in total. The van der Waals surface area contributed by atoms with Gasteiger partial charge in [-0.3, -0.25) is 9.78 Å². The number of ketones is 1. The molecule has 19 heavy (non-hydrogen) atoms. The number of Topliss-reactive ketones (excluding diaryl/α,β-unsaturated/α-hetero) is 1. The normalized spacial score (nSPS) is 10.2. The highest BCUT2D eigenvalue weighted by atomic mass is 79.9. The van der Waals surface area contributed by atoms with Gasteiger partial charge in [-0.15, -0.1) is 0 Å². The second kappa shape index (κ2) is 6.04. The molecular formula is C13H9BrClNO3. The van der Waals surface area contributed by atoms with E-state index in [2.05, 4.69) is 20.9 Å². The second-order valence-corrected chi connectivity index (χ2v) is 4.95. The topological polar surface area (TPSA) is 59.4 Å². The molecule has 0 aliphatic carbocycles. The number of benzene rings is 1. The number of ether oxygens (including phenoxy) is 1. The molecule has 0 amide bonds. The van der Waals surface area contributed by atoms with Gasteiger partial charge in [0.1, 0.15) is 5.69 Å². The van der Waals surface area contributed by atoms with Crippen molar-refractivity contribution in [3.63, 3.8) is 0 Å². The number of carbonyl (C=O) groups is 1. The van der Waals surface area contributed by atoms with Crippen molar-refractivity contribution in [1.29, 1.82) is 0 Å². The molecule has 0 aliphatic rings. The van der Waals surface area contributed by atoms with Gasteiger partial charge in [0.15, 0.2) is 18.1 Å². The summed E-state index contributed by atoms with van der Waals surface area (Å²) in [6.45, 7) is -0.217. The van der Waals surface area contributed by atoms with Crippen LogP contribution >= 0.6 is 27.5 Å². The number of pyridine rings is 1. The molecular weight excluding hydrogens is 334 g/mol. The Morgan fingerprint density at radius 1 is 1.37 bits per heavy atom. The molecule has 2 rings (SSSR count). The molecule has 0 radical (unpaired) electrons. The molecule has 0 saturated carbocycles. The third kappa shape index (κ3) is 3.45. The van der Waals surface area contributed by atoms with Crippen molar-refractivity contribution >= 4 is 33.3 Å². The first-order valence-corrected chi connectivity index (χ1v) is 6.50. The molecule has 0 aliphatic heterocycles. The third-order valence-electron chi connectivity index (χ3n) is 2.31. The largest absolute Gasteiger partial charge is 0.504 e. The van der Waals surface area contributed by atoms with Crippen LogP contribution in [0.15, 0.2) is 41.0 Å². The van der Waals surface area contributed by atoms with Crippen LogP contribution in [0.2, 0.25) is 5.02 Å². The number of nitrogens with zero attached hydrogens (tertiary/aromatic N) is 1. The maximum atomic E-state index is 11.8. The number of aromatic hydroxyl groups is 1.